The molecule has 0 rings (SSSR count). The van der Waals surface area contributed by atoms with E-state index < -0.39 is 11.9 Å². The fraction of sp³-hybridized carbons (Fsp3) is 0.684. The highest BCUT2D eigenvalue weighted by molar-refractivity contribution is 5.85. The van der Waals surface area contributed by atoms with Crippen LogP contribution in [0.25, 0.3) is 0 Å². The summed E-state index contributed by atoms with van der Waals surface area (Å²) in [5, 5.41) is 32.9. The van der Waals surface area contributed by atoms with E-state index >= 15 is 0 Å². The Morgan fingerprint density at radius 2 is 0.760 bits per heavy atom. The van der Waals surface area contributed by atoms with Crippen LogP contribution in [0.4, 0.5) is 0 Å². The number of hydrogen-bond acceptors (Lipinski definition) is 4. The van der Waals surface area contributed by atoms with Gasteiger partial charge in [-0.05, 0) is 26.7 Å². The van der Waals surface area contributed by atoms with Gasteiger partial charge in [-0.15, -0.1) is 0 Å². The maximum absolute atomic E-state index is 9.60. The summed E-state index contributed by atoms with van der Waals surface area (Å²) < 4.78 is 0. The fourth-order valence-corrected chi connectivity index (χ4v) is 1.46. The Hall–Kier alpha value is -1.66. The minimum Gasteiger partial charge on any atom is -0.478 e. The van der Waals surface area contributed by atoms with Crippen molar-refractivity contribution in [3.05, 3.63) is 24.3 Å². The molecule has 0 saturated carbocycles. The first kappa shape index (κ1) is 28.2. The van der Waals surface area contributed by atoms with Crippen molar-refractivity contribution in [3.8, 4) is 0 Å². The van der Waals surface area contributed by atoms with Gasteiger partial charge in [-0.2, -0.15) is 0 Å². The highest BCUT2D eigenvalue weighted by atomic mass is 16.4. The first-order valence-electron chi connectivity index (χ1n) is 8.70. The molecule has 0 heterocycles. The molecule has 0 saturated heterocycles. The second-order valence-corrected chi connectivity index (χ2v) is 5.80. The molecule has 4 N–H and O–H groups in total. The van der Waals surface area contributed by atoms with E-state index in [-0.39, 0.29) is 11.1 Å². The average Bonchev–Trinajstić information content (AvgIpc) is 2.54. The van der Waals surface area contributed by atoms with Crippen molar-refractivity contribution in [2.75, 3.05) is 13.2 Å². The molecular weight excluding hydrogens is 324 g/mol. The number of aliphatic hydroxyl groups is 2. The lowest BCUT2D eigenvalue weighted by molar-refractivity contribution is -0.133. The number of carboxylic acids is 2. The van der Waals surface area contributed by atoms with E-state index in [1.54, 1.807) is 0 Å². The van der Waals surface area contributed by atoms with E-state index in [2.05, 4.69) is 13.2 Å². The second-order valence-electron chi connectivity index (χ2n) is 5.80. The first-order valence-corrected chi connectivity index (χ1v) is 8.70. The number of carbonyl (C=O) groups is 2. The lowest BCUT2D eigenvalue weighted by atomic mass is 10.1. The minimum atomic E-state index is -0.935. The molecule has 0 aromatic heterocycles. The lowest BCUT2D eigenvalue weighted by Gasteiger charge is -2.00. The van der Waals surface area contributed by atoms with Crippen molar-refractivity contribution in [3.63, 3.8) is 0 Å². The van der Waals surface area contributed by atoms with Crippen LogP contribution in [0.15, 0.2) is 24.3 Å². The van der Waals surface area contributed by atoms with Gasteiger partial charge in [0.25, 0.3) is 0 Å². The van der Waals surface area contributed by atoms with Gasteiger partial charge in [0.15, 0.2) is 0 Å². The van der Waals surface area contributed by atoms with Crippen LogP contribution in [0.3, 0.4) is 0 Å². The molecule has 148 valence electrons. The smallest absolute Gasteiger partial charge is 0.330 e. The summed E-state index contributed by atoms with van der Waals surface area (Å²) in [6.07, 6.45) is 10.7. The van der Waals surface area contributed by atoms with Crippen LogP contribution in [0, 0.1) is 0 Å². The molecule has 25 heavy (non-hydrogen) atoms. The quantitative estimate of drug-likeness (QED) is 0.311. The van der Waals surface area contributed by atoms with Gasteiger partial charge in [0.2, 0.25) is 0 Å². The number of rotatable bonds is 12. The van der Waals surface area contributed by atoms with Crippen molar-refractivity contribution < 1.29 is 30.0 Å². The van der Waals surface area contributed by atoms with Crippen molar-refractivity contribution in [2.24, 2.45) is 0 Å². The normalized spacial score (nSPS) is 9.12. The second kappa shape index (κ2) is 22.3. The third-order valence-corrected chi connectivity index (χ3v) is 3.05. The van der Waals surface area contributed by atoms with Crippen LogP contribution in [0.2, 0.25) is 0 Å². The predicted molar refractivity (Wildman–Crippen MR) is 101 cm³/mol. The van der Waals surface area contributed by atoms with Crippen molar-refractivity contribution in [2.45, 2.75) is 71.6 Å². The molecule has 0 aromatic carbocycles. The molecule has 0 aliphatic rings. The van der Waals surface area contributed by atoms with Gasteiger partial charge < -0.3 is 20.4 Å². The Balaban J connectivity index is -0.000000336. The van der Waals surface area contributed by atoms with Crippen molar-refractivity contribution >= 4 is 11.9 Å². The molecule has 0 aliphatic heterocycles. The zero-order valence-electron chi connectivity index (χ0n) is 15.8. The topological polar surface area (TPSA) is 115 Å². The Labute approximate surface area is 151 Å². The van der Waals surface area contributed by atoms with Gasteiger partial charge in [0.1, 0.15) is 0 Å². The Morgan fingerprint density at radius 1 is 0.600 bits per heavy atom. The number of carboxylic acid groups (broad SMARTS) is 2. The molecule has 0 atom stereocenters. The summed E-state index contributed by atoms with van der Waals surface area (Å²) in [7, 11) is 0. The zero-order chi connectivity index (χ0) is 20.1. The summed E-state index contributed by atoms with van der Waals surface area (Å²) in [5.74, 6) is -1.87. The number of unbranched alkanes of at least 4 members (excludes halogenated alkanes) is 8. The molecule has 0 unspecified atom stereocenters. The van der Waals surface area contributed by atoms with E-state index in [1.807, 2.05) is 0 Å². The van der Waals surface area contributed by atoms with E-state index in [9.17, 15) is 9.59 Å². The Morgan fingerprint density at radius 3 is 0.880 bits per heavy atom. The third-order valence-electron chi connectivity index (χ3n) is 3.05. The molecule has 0 amide bonds. The van der Waals surface area contributed by atoms with Gasteiger partial charge in [-0.3, -0.25) is 0 Å². The molecular formula is C19H36O6. The lowest BCUT2D eigenvalue weighted by Crippen LogP contribution is -1.92. The van der Waals surface area contributed by atoms with E-state index in [0.717, 1.165) is 12.8 Å². The van der Waals surface area contributed by atoms with Gasteiger partial charge in [0, 0.05) is 24.4 Å². The summed E-state index contributed by atoms with van der Waals surface area (Å²) >= 11 is 0. The van der Waals surface area contributed by atoms with Crippen LogP contribution in [0.1, 0.15) is 71.6 Å². The van der Waals surface area contributed by atoms with Crippen LogP contribution < -0.4 is 0 Å². The van der Waals surface area contributed by atoms with Crippen LogP contribution in [-0.4, -0.2) is 45.6 Å². The molecule has 6 nitrogen and oxygen atoms in total. The SMILES string of the molecule is C=C(C)C(=O)O.C=C(C)C(=O)O.OCCCCCCCCCCCO. The zero-order valence-corrected chi connectivity index (χ0v) is 15.8. The van der Waals surface area contributed by atoms with Crippen LogP contribution in [0.5, 0.6) is 0 Å². The Kier molecular flexibility index (Phi) is 25.2. The van der Waals surface area contributed by atoms with Gasteiger partial charge >= 0.3 is 11.9 Å². The minimum absolute atomic E-state index is 0.176. The largest absolute Gasteiger partial charge is 0.478 e. The summed E-state index contributed by atoms with van der Waals surface area (Å²) in [6, 6.07) is 0. The molecule has 0 aromatic rings. The van der Waals surface area contributed by atoms with Crippen LogP contribution in [-0.2, 0) is 9.59 Å². The van der Waals surface area contributed by atoms with Crippen LogP contribution >= 0.6 is 0 Å². The van der Waals surface area contributed by atoms with Gasteiger partial charge in [-0.25, -0.2) is 9.59 Å². The standard InChI is InChI=1S/C11H24O2.2C4H6O2/c12-10-8-6-4-2-1-3-5-7-9-11-13;2*1-3(2)4(5)6/h12-13H,1-11H2;2*1H2,2H3,(H,5,6). The predicted octanol–water partition coefficient (Wildman–Crippen LogP) is 3.78. The summed E-state index contributed by atoms with van der Waals surface area (Å²) in [4.78, 5) is 19.2. The summed E-state index contributed by atoms with van der Waals surface area (Å²) in [5.41, 5.74) is 0.352. The molecule has 6 heteroatoms. The number of aliphatic carboxylic acids is 2. The van der Waals surface area contributed by atoms with Crippen molar-refractivity contribution in [1.29, 1.82) is 0 Å². The molecule has 0 aliphatic carbocycles. The van der Waals surface area contributed by atoms with E-state index in [1.165, 1.54) is 58.8 Å². The number of hydrogen-bond donors (Lipinski definition) is 4. The van der Waals surface area contributed by atoms with Gasteiger partial charge in [-0.1, -0.05) is 58.1 Å². The maximum Gasteiger partial charge on any atom is 0.330 e. The average molecular weight is 360 g/mol. The van der Waals surface area contributed by atoms with E-state index in [4.69, 9.17) is 20.4 Å². The molecule has 0 bridgehead atoms. The maximum atomic E-state index is 9.60. The monoisotopic (exact) mass is 360 g/mol. The highest BCUT2D eigenvalue weighted by Gasteiger charge is 1.92. The van der Waals surface area contributed by atoms with Crippen molar-refractivity contribution in [1.82, 2.24) is 0 Å². The fourth-order valence-electron chi connectivity index (χ4n) is 1.46. The van der Waals surface area contributed by atoms with E-state index in [0.29, 0.717) is 13.2 Å². The number of aliphatic hydroxyl groups excluding tert-OH is 2. The first-order chi connectivity index (χ1) is 11.7. The highest BCUT2D eigenvalue weighted by Crippen LogP contribution is 2.09. The molecule has 0 spiro atoms. The Bertz CT molecular complexity index is 305. The summed E-state index contributed by atoms with van der Waals surface area (Å²) in [6.45, 7) is 9.89. The van der Waals surface area contributed by atoms with Gasteiger partial charge in [0.05, 0.1) is 0 Å². The molecule has 0 radical (unpaired) electrons. The molecule has 0 fully saturated rings. The third kappa shape index (κ3) is 34.6.